The zero-order valence-corrected chi connectivity index (χ0v) is 12.8. The van der Waals surface area contributed by atoms with E-state index in [1.807, 2.05) is 12.5 Å². The molecule has 0 aromatic carbocycles. The molecule has 0 aliphatic carbocycles. The van der Waals surface area contributed by atoms with E-state index in [0.29, 0.717) is 18.0 Å². The predicted octanol–water partition coefficient (Wildman–Crippen LogP) is 2.19. The highest BCUT2D eigenvalue weighted by Gasteiger charge is 2.30. The summed E-state index contributed by atoms with van der Waals surface area (Å²) < 4.78 is 2.18. The first-order valence-electron chi connectivity index (χ1n) is 7.49. The van der Waals surface area contributed by atoms with Gasteiger partial charge in [-0.3, -0.25) is 4.90 Å². The van der Waals surface area contributed by atoms with E-state index >= 15 is 0 Å². The third-order valence-electron chi connectivity index (χ3n) is 4.20. The maximum Gasteiger partial charge on any atom is 0.0946 e. The van der Waals surface area contributed by atoms with Crippen molar-refractivity contribution < 1.29 is 0 Å². The lowest BCUT2D eigenvalue weighted by Gasteiger charge is -2.33. The van der Waals surface area contributed by atoms with Crippen molar-refractivity contribution in [3.8, 4) is 0 Å². The zero-order chi connectivity index (χ0) is 13.8. The fourth-order valence-corrected chi connectivity index (χ4v) is 3.15. The van der Waals surface area contributed by atoms with Crippen LogP contribution >= 0.6 is 0 Å². The lowest BCUT2D eigenvalue weighted by atomic mass is 9.92. The Morgan fingerprint density at radius 3 is 2.79 bits per heavy atom. The van der Waals surface area contributed by atoms with E-state index < -0.39 is 0 Å². The highest BCUT2D eigenvalue weighted by molar-refractivity contribution is 5.08. The van der Waals surface area contributed by atoms with E-state index in [-0.39, 0.29) is 0 Å². The van der Waals surface area contributed by atoms with Gasteiger partial charge >= 0.3 is 0 Å². The van der Waals surface area contributed by atoms with Gasteiger partial charge in [0, 0.05) is 25.8 Å². The second-order valence-corrected chi connectivity index (χ2v) is 6.17. The van der Waals surface area contributed by atoms with E-state index in [2.05, 4.69) is 47.7 Å². The van der Waals surface area contributed by atoms with E-state index in [0.717, 1.165) is 6.54 Å². The molecule has 2 atom stereocenters. The van der Waals surface area contributed by atoms with Crippen LogP contribution in [0.5, 0.6) is 0 Å². The fourth-order valence-electron chi connectivity index (χ4n) is 3.15. The lowest BCUT2D eigenvalue weighted by molar-refractivity contribution is 0.179. The second-order valence-electron chi connectivity index (χ2n) is 6.17. The number of nitrogens with zero attached hydrogens (tertiary/aromatic N) is 3. The summed E-state index contributed by atoms with van der Waals surface area (Å²) >= 11 is 0. The Bertz CT molecular complexity index is 385. The van der Waals surface area contributed by atoms with Crippen molar-refractivity contribution in [2.75, 3.05) is 20.1 Å². The summed E-state index contributed by atoms with van der Waals surface area (Å²) in [5.74, 6) is 0.672. The summed E-state index contributed by atoms with van der Waals surface area (Å²) in [4.78, 5) is 6.82. The van der Waals surface area contributed by atoms with Crippen molar-refractivity contribution in [2.24, 2.45) is 13.0 Å². The maximum atomic E-state index is 4.31. The third-order valence-corrected chi connectivity index (χ3v) is 4.20. The van der Waals surface area contributed by atoms with Crippen LogP contribution in [0.4, 0.5) is 0 Å². The normalized spacial score (nSPS) is 25.7. The lowest BCUT2D eigenvalue weighted by Crippen LogP contribution is -2.37. The van der Waals surface area contributed by atoms with Crippen molar-refractivity contribution in [1.82, 2.24) is 19.8 Å². The Morgan fingerprint density at radius 2 is 2.16 bits per heavy atom. The van der Waals surface area contributed by atoms with Gasteiger partial charge in [-0.25, -0.2) is 4.98 Å². The van der Waals surface area contributed by atoms with Crippen LogP contribution in [0, 0.1) is 5.92 Å². The Morgan fingerprint density at radius 1 is 1.37 bits per heavy atom. The molecule has 1 N–H and O–H groups in total. The number of likely N-dealkylation sites (tertiary alicyclic amines) is 1. The van der Waals surface area contributed by atoms with Gasteiger partial charge in [-0.05, 0) is 32.4 Å². The largest absolute Gasteiger partial charge is 0.336 e. The van der Waals surface area contributed by atoms with E-state index in [9.17, 15) is 0 Å². The van der Waals surface area contributed by atoms with Crippen LogP contribution in [0.1, 0.15) is 44.8 Å². The highest BCUT2D eigenvalue weighted by Crippen LogP contribution is 2.33. The molecule has 108 valence electrons. The number of hydrogen-bond acceptors (Lipinski definition) is 3. The van der Waals surface area contributed by atoms with Crippen LogP contribution < -0.4 is 5.32 Å². The van der Waals surface area contributed by atoms with Gasteiger partial charge in [0.05, 0.1) is 18.1 Å². The Balaban J connectivity index is 2.18. The number of imidazole rings is 1. The van der Waals surface area contributed by atoms with Crippen LogP contribution in [0.25, 0.3) is 0 Å². The molecule has 4 nitrogen and oxygen atoms in total. The van der Waals surface area contributed by atoms with Crippen molar-refractivity contribution in [3.63, 3.8) is 0 Å². The summed E-state index contributed by atoms with van der Waals surface area (Å²) in [6.45, 7) is 6.73. The Kier molecular flexibility index (Phi) is 4.99. The summed E-state index contributed by atoms with van der Waals surface area (Å²) in [5.41, 5.74) is 1.35. The van der Waals surface area contributed by atoms with Crippen LogP contribution in [0.3, 0.4) is 0 Å². The fraction of sp³-hybridized carbons (Fsp3) is 0.800. The molecule has 19 heavy (non-hydrogen) atoms. The molecule has 2 rings (SSSR count). The standard InChI is InChI=1S/C15H28N4/c1-12(2)17-9-13-7-5-6-8-18(3)15(13)14-10-16-11-19(14)4/h10-13,15,17H,5-9H2,1-4H3. The van der Waals surface area contributed by atoms with Gasteiger partial charge in [0.1, 0.15) is 0 Å². The molecule has 1 aromatic rings. The van der Waals surface area contributed by atoms with Crippen LogP contribution in [0.2, 0.25) is 0 Å². The van der Waals surface area contributed by atoms with Crippen molar-refractivity contribution in [1.29, 1.82) is 0 Å². The molecule has 1 aliphatic heterocycles. The maximum absolute atomic E-state index is 4.31. The average molecular weight is 264 g/mol. The molecule has 1 saturated heterocycles. The van der Waals surface area contributed by atoms with Gasteiger partial charge in [-0.1, -0.05) is 20.3 Å². The first-order valence-corrected chi connectivity index (χ1v) is 7.49. The third kappa shape index (κ3) is 3.57. The van der Waals surface area contributed by atoms with E-state index in [1.54, 1.807) is 0 Å². The molecule has 1 aliphatic rings. The van der Waals surface area contributed by atoms with Crippen LogP contribution in [0.15, 0.2) is 12.5 Å². The predicted molar refractivity (Wildman–Crippen MR) is 79.1 cm³/mol. The quantitative estimate of drug-likeness (QED) is 0.905. The number of rotatable bonds is 4. The van der Waals surface area contributed by atoms with Gasteiger partial charge in [0.15, 0.2) is 0 Å². The summed E-state index contributed by atoms with van der Waals surface area (Å²) in [6.07, 6.45) is 7.90. The zero-order valence-electron chi connectivity index (χ0n) is 12.8. The van der Waals surface area contributed by atoms with Gasteiger partial charge in [0.2, 0.25) is 0 Å². The second kappa shape index (κ2) is 6.53. The number of aromatic nitrogens is 2. The van der Waals surface area contributed by atoms with Crippen molar-refractivity contribution in [3.05, 3.63) is 18.2 Å². The molecule has 0 spiro atoms. The SMILES string of the molecule is CC(C)NCC1CCCCN(C)C1c1cncn1C. The summed E-state index contributed by atoms with van der Waals surface area (Å²) in [7, 11) is 4.36. The number of hydrogen-bond donors (Lipinski definition) is 1. The Labute approximate surface area is 117 Å². The van der Waals surface area contributed by atoms with Gasteiger partial charge in [0.25, 0.3) is 0 Å². The van der Waals surface area contributed by atoms with Crippen molar-refractivity contribution in [2.45, 2.75) is 45.2 Å². The molecule has 2 heterocycles. The summed E-state index contributed by atoms with van der Waals surface area (Å²) in [5, 5.41) is 3.62. The molecule has 1 fully saturated rings. The van der Waals surface area contributed by atoms with Gasteiger partial charge in [-0.15, -0.1) is 0 Å². The molecule has 1 aromatic heterocycles. The average Bonchev–Trinajstić information content (AvgIpc) is 2.68. The molecule has 2 unspecified atom stereocenters. The van der Waals surface area contributed by atoms with Crippen molar-refractivity contribution >= 4 is 0 Å². The Hall–Kier alpha value is -0.870. The van der Waals surface area contributed by atoms with Gasteiger partial charge in [-0.2, -0.15) is 0 Å². The topological polar surface area (TPSA) is 33.1 Å². The molecule has 0 radical (unpaired) electrons. The molecule has 0 saturated carbocycles. The first kappa shape index (κ1) is 14.5. The monoisotopic (exact) mass is 264 g/mol. The molecular weight excluding hydrogens is 236 g/mol. The minimum absolute atomic E-state index is 0.487. The molecule has 4 heteroatoms. The number of aryl methyl sites for hydroxylation is 1. The molecular formula is C15H28N4. The minimum atomic E-state index is 0.487. The smallest absolute Gasteiger partial charge is 0.0946 e. The first-order chi connectivity index (χ1) is 9.09. The molecule has 0 amide bonds. The molecule has 0 bridgehead atoms. The van der Waals surface area contributed by atoms with E-state index in [4.69, 9.17) is 0 Å². The minimum Gasteiger partial charge on any atom is -0.336 e. The highest BCUT2D eigenvalue weighted by atomic mass is 15.2. The summed E-state index contributed by atoms with van der Waals surface area (Å²) in [6, 6.07) is 1.04. The number of nitrogens with one attached hydrogen (secondary N) is 1. The van der Waals surface area contributed by atoms with Crippen LogP contribution in [-0.2, 0) is 7.05 Å². The van der Waals surface area contributed by atoms with Crippen LogP contribution in [-0.4, -0.2) is 40.6 Å². The van der Waals surface area contributed by atoms with E-state index in [1.165, 1.54) is 31.5 Å². The van der Waals surface area contributed by atoms with Gasteiger partial charge < -0.3 is 9.88 Å².